The van der Waals surface area contributed by atoms with Crippen LogP contribution in [-0.2, 0) is 4.74 Å². The van der Waals surface area contributed by atoms with Gasteiger partial charge in [0.15, 0.2) is 0 Å². The van der Waals surface area contributed by atoms with E-state index in [9.17, 15) is 0 Å². The average Bonchev–Trinajstić information content (AvgIpc) is 2.15. The molecule has 2 N–H and O–H groups in total. The van der Waals surface area contributed by atoms with Gasteiger partial charge in [-0.25, -0.2) is 0 Å². The minimum Gasteiger partial charge on any atom is -0.373 e. The second-order valence-corrected chi connectivity index (χ2v) is 4.43. The Bertz CT molecular complexity index is 147. The lowest BCUT2D eigenvalue weighted by atomic mass is 9.87. The first-order chi connectivity index (χ1) is 5.54. The van der Waals surface area contributed by atoms with Crippen LogP contribution < -0.4 is 5.73 Å². The maximum absolute atomic E-state index is 5.84. The molecule has 1 rings (SSSR count). The summed E-state index contributed by atoms with van der Waals surface area (Å²) >= 11 is 0. The molecule has 0 radical (unpaired) electrons. The van der Waals surface area contributed by atoms with Crippen molar-refractivity contribution in [2.75, 3.05) is 6.61 Å². The van der Waals surface area contributed by atoms with Crippen LogP contribution in [0.3, 0.4) is 0 Å². The molecule has 2 atom stereocenters. The van der Waals surface area contributed by atoms with E-state index in [1.807, 2.05) is 0 Å². The van der Waals surface area contributed by atoms with Gasteiger partial charge in [0.1, 0.15) is 0 Å². The van der Waals surface area contributed by atoms with Gasteiger partial charge in [0, 0.05) is 6.04 Å². The van der Waals surface area contributed by atoms with E-state index < -0.39 is 0 Å². The molecule has 1 saturated heterocycles. The fourth-order valence-electron chi connectivity index (χ4n) is 1.62. The second kappa shape index (κ2) is 3.75. The summed E-state index contributed by atoms with van der Waals surface area (Å²) in [5.41, 5.74) is 5.89. The molecule has 12 heavy (non-hydrogen) atoms. The van der Waals surface area contributed by atoms with E-state index in [0.29, 0.717) is 5.92 Å². The Kier molecular flexibility index (Phi) is 3.13. The summed E-state index contributed by atoms with van der Waals surface area (Å²) < 4.78 is 5.84. The minimum absolute atomic E-state index is 0.0636. The molecule has 1 aliphatic heterocycles. The van der Waals surface area contributed by atoms with E-state index in [1.165, 1.54) is 6.42 Å². The predicted octanol–water partition coefficient (Wildman–Crippen LogP) is 1.93. The lowest BCUT2D eigenvalue weighted by Gasteiger charge is -2.32. The van der Waals surface area contributed by atoms with E-state index in [4.69, 9.17) is 10.5 Å². The molecule has 0 amide bonds. The first-order valence-electron chi connectivity index (χ1n) is 4.94. The molecule has 0 saturated carbocycles. The molecular formula is C10H21NO. The van der Waals surface area contributed by atoms with Crippen LogP contribution in [0.15, 0.2) is 0 Å². The second-order valence-electron chi connectivity index (χ2n) is 4.43. The van der Waals surface area contributed by atoms with Crippen molar-refractivity contribution >= 4 is 0 Å². The number of nitrogens with two attached hydrogens (primary N) is 1. The summed E-state index contributed by atoms with van der Waals surface area (Å²) in [5.74, 6) is 0.586. The smallest absolute Gasteiger partial charge is 0.0678 e. The summed E-state index contributed by atoms with van der Waals surface area (Å²) in [6.45, 7) is 7.37. The maximum atomic E-state index is 5.84. The molecule has 0 bridgehead atoms. The first-order valence-corrected chi connectivity index (χ1v) is 4.94. The van der Waals surface area contributed by atoms with Crippen molar-refractivity contribution in [3.05, 3.63) is 0 Å². The summed E-state index contributed by atoms with van der Waals surface area (Å²) in [6.07, 6.45) is 3.47. The fourth-order valence-corrected chi connectivity index (χ4v) is 1.62. The number of hydrogen-bond donors (Lipinski definition) is 1. The molecule has 1 fully saturated rings. The molecule has 0 aromatic heterocycles. The molecular weight excluding hydrogens is 150 g/mol. The number of ether oxygens (including phenoxy) is 1. The van der Waals surface area contributed by atoms with Crippen molar-refractivity contribution in [2.45, 2.75) is 51.7 Å². The van der Waals surface area contributed by atoms with Gasteiger partial charge in [0.25, 0.3) is 0 Å². The highest BCUT2D eigenvalue weighted by Gasteiger charge is 2.31. The fraction of sp³-hybridized carbons (Fsp3) is 1.00. The zero-order chi connectivity index (χ0) is 9.19. The molecule has 0 aromatic carbocycles. The quantitative estimate of drug-likeness (QED) is 0.654. The SMILES string of the molecule is CC(C)C1(C)CCCC(N)CO1. The number of hydrogen-bond acceptors (Lipinski definition) is 2. The molecule has 1 heterocycles. The van der Waals surface area contributed by atoms with Crippen LogP contribution in [0.4, 0.5) is 0 Å². The summed E-state index contributed by atoms with van der Waals surface area (Å²) in [6, 6.07) is 0.255. The molecule has 2 nitrogen and oxygen atoms in total. The van der Waals surface area contributed by atoms with Crippen LogP contribution in [0.2, 0.25) is 0 Å². The molecule has 1 aliphatic rings. The van der Waals surface area contributed by atoms with Crippen LogP contribution in [0, 0.1) is 5.92 Å². The van der Waals surface area contributed by atoms with E-state index in [0.717, 1.165) is 19.4 Å². The van der Waals surface area contributed by atoms with Crippen molar-refractivity contribution < 1.29 is 4.74 Å². The van der Waals surface area contributed by atoms with Gasteiger partial charge < -0.3 is 10.5 Å². The van der Waals surface area contributed by atoms with Gasteiger partial charge in [-0.15, -0.1) is 0 Å². The standard InChI is InChI=1S/C10H21NO/c1-8(2)10(3)6-4-5-9(11)7-12-10/h8-9H,4-7,11H2,1-3H3. The first kappa shape index (κ1) is 10.0. The van der Waals surface area contributed by atoms with E-state index in [-0.39, 0.29) is 11.6 Å². The molecule has 2 heteroatoms. The maximum Gasteiger partial charge on any atom is 0.0678 e. The van der Waals surface area contributed by atoms with E-state index in [1.54, 1.807) is 0 Å². The highest BCUT2D eigenvalue weighted by atomic mass is 16.5. The van der Waals surface area contributed by atoms with Crippen LogP contribution >= 0.6 is 0 Å². The van der Waals surface area contributed by atoms with Gasteiger partial charge in [-0.2, -0.15) is 0 Å². The van der Waals surface area contributed by atoms with Crippen LogP contribution in [0.25, 0.3) is 0 Å². The monoisotopic (exact) mass is 171 g/mol. The Morgan fingerprint density at radius 2 is 2.17 bits per heavy atom. The van der Waals surface area contributed by atoms with Crippen LogP contribution in [0.1, 0.15) is 40.0 Å². The van der Waals surface area contributed by atoms with Crippen molar-refractivity contribution in [1.82, 2.24) is 0 Å². The number of rotatable bonds is 1. The van der Waals surface area contributed by atoms with Crippen LogP contribution in [-0.4, -0.2) is 18.2 Å². The van der Waals surface area contributed by atoms with Gasteiger partial charge in [-0.1, -0.05) is 13.8 Å². The Morgan fingerprint density at radius 1 is 1.50 bits per heavy atom. The Balaban J connectivity index is 2.55. The van der Waals surface area contributed by atoms with Gasteiger partial charge in [-0.05, 0) is 32.1 Å². The molecule has 2 unspecified atom stereocenters. The average molecular weight is 171 g/mol. The highest BCUT2D eigenvalue weighted by Crippen LogP contribution is 2.30. The molecule has 0 aliphatic carbocycles. The van der Waals surface area contributed by atoms with E-state index >= 15 is 0 Å². The molecule has 0 aromatic rings. The van der Waals surface area contributed by atoms with Gasteiger partial charge in [0.05, 0.1) is 12.2 Å². The molecule has 0 spiro atoms. The third-order valence-electron chi connectivity index (χ3n) is 3.10. The zero-order valence-electron chi connectivity index (χ0n) is 8.47. The Labute approximate surface area is 75.5 Å². The molecule has 72 valence electrons. The van der Waals surface area contributed by atoms with Crippen molar-refractivity contribution in [2.24, 2.45) is 11.7 Å². The van der Waals surface area contributed by atoms with Gasteiger partial charge >= 0.3 is 0 Å². The van der Waals surface area contributed by atoms with Crippen LogP contribution in [0.5, 0.6) is 0 Å². The third kappa shape index (κ3) is 2.20. The summed E-state index contributed by atoms with van der Waals surface area (Å²) in [4.78, 5) is 0. The van der Waals surface area contributed by atoms with Gasteiger partial charge in [-0.3, -0.25) is 0 Å². The van der Waals surface area contributed by atoms with Crippen molar-refractivity contribution in [1.29, 1.82) is 0 Å². The largest absolute Gasteiger partial charge is 0.373 e. The Morgan fingerprint density at radius 3 is 2.75 bits per heavy atom. The third-order valence-corrected chi connectivity index (χ3v) is 3.10. The Hall–Kier alpha value is -0.0800. The summed E-state index contributed by atoms with van der Waals surface area (Å²) in [5, 5.41) is 0. The highest BCUT2D eigenvalue weighted by molar-refractivity contribution is 4.83. The summed E-state index contributed by atoms with van der Waals surface area (Å²) in [7, 11) is 0. The van der Waals surface area contributed by atoms with Crippen molar-refractivity contribution in [3.8, 4) is 0 Å². The normalized spacial score (nSPS) is 38.2. The predicted molar refractivity (Wildman–Crippen MR) is 51.0 cm³/mol. The lowest BCUT2D eigenvalue weighted by molar-refractivity contribution is -0.0643. The van der Waals surface area contributed by atoms with Gasteiger partial charge in [0.2, 0.25) is 0 Å². The minimum atomic E-state index is 0.0636. The van der Waals surface area contributed by atoms with Crippen molar-refractivity contribution in [3.63, 3.8) is 0 Å². The zero-order valence-corrected chi connectivity index (χ0v) is 8.47. The van der Waals surface area contributed by atoms with E-state index in [2.05, 4.69) is 20.8 Å². The lowest BCUT2D eigenvalue weighted by Crippen LogP contribution is -2.36. The topological polar surface area (TPSA) is 35.2 Å².